The Bertz CT molecular complexity index is 392. The first-order valence-electron chi connectivity index (χ1n) is 6.06. The van der Waals surface area contributed by atoms with Crippen LogP contribution in [0.3, 0.4) is 0 Å². The minimum absolute atomic E-state index is 0.00292. The summed E-state index contributed by atoms with van der Waals surface area (Å²) in [5.41, 5.74) is 7.21. The van der Waals surface area contributed by atoms with Gasteiger partial charge in [-0.3, -0.25) is 0 Å². The van der Waals surface area contributed by atoms with Gasteiger partial charge in [-0.1, -0.05) is 6.07 Å². The first-order chi connectivity index (χ1) is 8.76. The van der Waals surface area contributed by atoms with Crippen LogP contribution in [0.4, 0.5) is 0 Å². The van der Waals surface area contributed by atoms with Crippen molar-refractivity contribution in [1.82, 2.24) is 5.32 Å². The number of methoxy groups -OCH3 is 2. The minimum atomic E-state index is -0.169. The first-order valence-corrected chi connectivity index (χ1v) is 6.06. The number of morpholine rings is 1. The first kappa shape index (κ1) is 13.1. The zero-order valence-electron chi connectivity index (χ0n) is 10.8. The van der Waals surface area contributed by atoms with Crippen LogP contribution in [-0.2, 0) is 4.74 Å². The maximum absolute atomic E-state index is 6.22. The van der Waals surface area contributed by atoms with Crippen LogP contribution in [0.2, 0.25) is 0 Å². The standard InChI is InChI=1S/C13H20N2O3/c1-16-10-4-3-9(7-11(10)17-2)13(14)12-8-15-5-6-18-12/h3-4,7,12-13,15H,5-6,8,14H2,1-2H3. The number of hydrogen-bond acceptors (Lipinski definition) is 5. The Morgan fingerprint density at radius 2 is 2.11 bits per heavy atom. The van der Waals surface area contributed by atoms with Gasteiger partial charge in [0.1, 0.15) is 0 Å². The molecule has 0 spiro atoms. The van der Waals surface area contributed by atoms with Crippen molar-refractivity contribution in [3.63, 3.8) is 0 Å². The summed E-state index contributed by atoms with van der Waals surface area (Å²) in [4.78, 5) is 0. The SMILES string of the molecule is COc1ccc(C(N)C2CNCCO2)cc1OC. The summed E-state index contributed by atoms with van der Waals surface area (Å²) in [5, 5.41) is 3.28. The van der Waals surface area contributed by atoms with Gasteiger partial charge in [-0.15, -0.1) is 0 Å². The molecule has 3 N–H and O–H groups in total. The molecule has 0 amide bonds. The van der Waals surface area contributed by atoms with E-state index in [0.717, 1.165) is 18.7 Å². The second-order valence-electron chi connectivity index (χ2n) is 4.25. The molecule has 0 bridgehead atoms. The van der Waals surface area contributed by atoms with Gasteiger partial charge in [0.25, 0.3) is 0 Å². The molecular formula is C13H20N2O3. The molecule has 1 aromatic rings. The summed E-state index contributed by atoms with van der Waals surface area (Å²) >= 11 is 0. The van der Waals surface area contributed by atoms with Crippen molar-refractivity contribution in [2.75, 3.05) is 33.9 Å². The lowest BCUT2D eigenvalue weighted by Gasteiger charge is -2.29. The molecule has 2 unspecified atom stereocenters. The van der Waals surface area contributed by atoms with Crippen LogP contribution in [0.1, 0.15) is 11.6 Å². The Hall–Kier alpha value is -1.30. The van der Waals surface area contributed by atoms with E-state index in [9.17, 15) is 0 Å². The van der Waals surface area contributed by atoms with Crippen molar-refractivity contribution in [2.24, 2.45) is 5.73 Å². The molecule has 5 heteroatoms. The van der Waals surface area contributed by atoms with Crippen molar-refractivity contribution in [3.8, 4) is 11.5 Å². The maximum atomic E-state index is 6.22. The number of nitrogens with two attached hydrogens (primary N) is 1. The summed E-state index contributed by atoms with van der Waals surface area (Å²) in [6.45, 7) is 2.36. The lowest BCUT2D eigenvalue weighted by atomic mass is 10.0. The summed E-state index contributed by atoms with van der Waals surface area (Å²) in [6, 6.07) is 5.55. The highest BCUT2D eigenvalue weighted by Gasteiger charge is 2.23. The second-order valence-corrected chi connectivity index (χ2v) is 4.25. The summed E-state index contributed by atoms with van der Waals surface area (Å²) in [7, 11) is 3.23. The maximum Gasteiger partial charge on any atom is 0.161 e. The third-order valence-corrected chi connectivity index (χ3v) is 3.15. The van der Waals surface area contributed by atoms with E-state index in [2.05, 4.69) is 5.32 Å². The van der Waals surface area contributed by atoms with Crippen LogP contribution in [0.5, 0.6) is 11.5 Å². The number of benzene rings is 1. The zero-order valence-corrected chi connectivity index (χ0v) is 10.8. The molecule has 1 saturated heterocycles. The highest BCUT2D eigenvalue weighted by atomic mass is 16.5. The Labute approximate surface area is 107 Å². The van der Waals surface area contributed by atoms with Gasteiger partial charge >= 0.3 is 0 Å². The van der Waals surface area contributed by atoms with Crippen molar-refractivity contribution >= 4 is 0 Å². The Morgan fingerprint density at radius 3 is 2.72 bits per heavy atom. The van der Waals surface area contributed by atoms with Crippen LogP contribution >= 0.6 is 0 Å². The molecule has 18 heavy (non-hydrogen) atoms. The third kappa shape index (κ3) is 2.75. The summed E-state index contributed by atoms with van der Waals surface area (Å²) in [6.07, 6.45) is -0.00292. The van der Waals surface area contributed by atoms with Crippen LogP contribution in [0, 0.1) is 0 Å². The van der Waals surface area contributed by atoms with Crippen molar-refractivity contribution < 1.29 is 14.2 Å². The average molecular weight is 252 g/mol. The highest BCUT2D eigenvalue weighted by molar-refractivity contribution is 5.44. The van der Waals surface area contributed by atoms with Gasteiger partial charge in [0, 0.05) is 13.1 Å². The molecule has 5 nitrogen and oxygen atoms in total. The topological polar surface area (TPSA) is 65.7 Å². The Balaban J connectivity index is 2.16. The quantitative estimate of drug-likeness (QED) is 0.825. The van der Waals surface area contributed by atoms with E-state index in [1.807, 2.05) is 18.2 Å². The molecule has 2 rings (SSSR count). The van der Waals surface area contributed by atoms with Gasteiger partial charge in [-0.2, -0.15) is 0 Å². The Morgan fingerprint density at radius 1 is 1.33 bits per heavy atom. The van der Waals surface area contributed by atoms with Gasteiger partial charge in [0.05, 0.1) is 33.0 Å². The molecular weight excluding hydrogens is 232 g/mol. The largest absolute Gasteiger partial charge is 0.493 e. The normalized spacial score (nSPS) is 21.4. The monoisotopic (exact) mass is 252 g/mol. The zero-order chi connectivity index (χ0) is 13.0. The van der Waals surface area contributed by atoms with Gasteiger partial charge in [-0.05, 0) is 17.7 Å². The van der Waals surface area contributed by atoms with E-state index in [1.54, 1.807) is 14.2 Å². The smallest absolute Gasteiger partial charge is 0.161 e. The number of nitrogens with one attached hydrogen (secondary N) is 1. The number of ether oxygens (including phenoxy) is 3. The molecule has 1 aliphatic rings. The minimum Gasteiger partial charge on any atom is -0.493 e. The van der Waals surface area contributed by atoms with Crippen LogP contribution in [0.25, 0.3) is 0 Å². The molecule has 0 radical (unpaired) electrons. The number of hydrogen-bond donors (Lipinski definition) is 2. The third-order valence-electron chi connectivity index (χ3n) is 3.15. The molecule has 1 aromatic carbocycles. The van der Waals surface area contributed by atoms with Crippen molar-refractivity contribution in [1.29, 1.82) is 0 Å². The highest BCUT2D eigenvalue weighted by Crippen LogP contribution is 2.30. The summed E-state index contributed by atoms with van der Waals surface area (Å²) in [5.74, 6) is 1.39. The summed E-state index contributed by atoms with van der Waals surface area (Å²) < 4.78 is 16.1. The van der Waals surface area contributed by atoms with Crippen LogP contribution < -0.4 is 20.5 Å². The Kier molecular flexibility index (Phi) is 4.41. The van der Waals surface area contributed by atoms with E-state index in [-0.39, 0.29) is 12.1 Å². The fraction of sp³-hybridized carbons (Fsp3) is 0.538. The van der Waals surface area contributed by atoms with Gasteiger partial charge in [0.15, 0.2) is 11.5 Å². The fourth-order valence-electron chi connectivity index (χ4n) is 2.09. The van der Waals surface area contributed by atoms with Gasteiger partial charge in [0.2, 0.25) is 0 Å². The molecule has 2 atom stereocenters. The molecule has 0 saturated carbocycles. The molecule has 0 aliphatic carbocycles. The van der Waals surface area contributed by atoms with Gasteiger partial charge < -0.3 is 25.3 Å². The number of rotatable bonds is 4. The average Bonchev–Trinajstić information content (AvgIpc) is 2.46. The van der Waals surface area contributed by atoms with E-state index in [1.165, 1.54) is 0 Å². The predicted octanol–water partition coefficient (Wildman–Crippen LogP) is 0.692. The van der Waals surface area contributed by atoms with E-state index in [4.69, 9.17) is 19.9 Å². The van der Waals surface area contributed by atoms with Crippen molar-refractivity contribution in [3.05, 3.63) is 23.8 Å². The molecule has 1 aliphatic heterocycles. The lowest BCUT2D eigenvalue weighted by molar-refractivity contribution is 0.0122. The molecule has 1 fully saturated rings. The fourth-order valence-corrected chi connectivity index (χ4v) is 2.09. The predicted molar refractivity (Wildman–Crippen MR) is 69.1 cm³/mol. The van der Waals surface area contributed by atoms with E-state index >= 15 is 0 Å². The van der Waals surface area contributed by atoms with E-state index < -0.39 is 0 Å². The van der Waals surface area contributed by atoms with Crippen LogP contribution in [-0.4, -0.2) is 40.0 Å². The molecule has 100 valence electrons. The van der Waals surface area contributed by atoms with Gasteiger partial charge in [-0.25, -0.2) is 0 Å². The van der Waals surface area contributed by atoms with Crippen molar-refractivity contribution in [2.45, 2.75) is 12.1 Å². The molecule has 0 aromatic heterocycles. The van der Waals surface area contributed by atoms with Crippen LogP contribution in [0.15, 0.2) is 18.2 Å². The molecule has 1 heterocycles. The van der Waals surface area contributed by atoms with E-state index in [0.29, 0.717) is 18.1 Å². The second kappa shape index (κ2) is 6.04. The lowest BCUT2D eigenvalue weighted by Crippen LogP contribution is -2.44.